The van der Waals surface area contributed by atoms with E-state index in [-0.39, 0.29) is 24.4 Å². The van der Waals surface area contributed by atoms with Crippen LogP contribution in [0.3, 0.4) is 0 Å². The number of hydrogen-bond acceptors (Lipinski definition) is 7. The number of rotatable bonds is 7. The zero-order valence-corrected chi connectivity index (χ0v) is 21.5. The van der Waals surface area contributed by atoms with Crippen molar-refractivity contribution in [2.45, 2.75) is 76.3 Å². The van der Waals surface area contributed by atoms with Crippen molar-refractivity contribution in [1.82, 2.24) is 20.0 Å². The third kappa shape index (κ3) is 5.85. The first-order valence-corrected chi connectivity index (χ1v) is 12.6. The molecular weight excluding hydrogens is 476 g/mol. The van der Waals surface area contributed by atoms with Gasteiger partial charge in [-0.2, -0.15) is 5.26 Å². The molecule has 1 aromatic carbocycles. The van der Waals surface area contributed by atoms with Crippen molar-refractivity contribution in [2.75, 3.05) is 19.6 Å². The van der Waals surface area contributed by atoms with Crippen LogP contribution in [0, 0.1) is 11.3 Å². The molecule has 3 saturated heterocycles. The highest BCUT2D eigenvalue weighted by molar-refractivity contribution is 5.93. The van der Waals surface area contributed by atoms with E-state index in [2.05, 4.69) is 11.4 Å². The molecule has 3 aliphatic rings. The molecule has 2 bridgehead atoms. The molecule has 0 radical (unpaired) electrons. The molecule has 11 nitrogen and oxygen atoms in total. The standard InChI is InChI=1S/C26H34N6O5/c1-26(2,3)37-25(36)29-20(23(34)31-9-5-8-18(31)12-27)15-30-14-19-11-21(30)24(35)32(19)13-16-6-4-7-17(10-16)22(28)33/h4,6-7,10,18-21H,5,8-9,11,13-15H2,1-3H3,(H2,28,33)(H,29,36)/t18-,19-,20-,21-/m0/s1. The second kappa shape index (κ2) is 10.4. The van der Waals surface area contributed by atoms with E-state index in [9.17, 15) is 24.4 Å². The van der Waals surface area contributed by atoms with Crippen molar-refractivity contribution < 1.29 is 23.9 Å². The van der Waals surface area contributed by atoms with E-state index in [4.69, 9.17) is 10.5 Å². The van der Waals surface area contributed by atoms with Gasteiger partial charge in [0.25, 0.3) is 0 Å². The van der Waals surface area contributed by atoms with E-state index < -0.39 is 35.7 Å². The number of nitrogens with two attached hydrogens (primary N) is 1. The molecule has 0 saturated carbocycles. The summed E-state index contributed by atoms with van der Waals surface area (Å²) in [6, 6.07) is 7.15. The van der Waals surface area contributed by atoms with Gasteiger partial charge in [-0.05, 0) is 57.7 Å². The molecule has 4 atom stereocenters. The molecule has 3 N–H and O–H groups in total. The zero-order valence-electron chi connectivity index (χ0n) is 21.5. The molecule has 3 heterocycles. The fourth-order valence-electron chi connectivity index (χ4n) is 5.40. The first kappa shape index (κ1) is 26.4. The number of hydrogen-bond donors (Lipinski definition) is 2. The van der Waals surface area contributed by atoms with Crippen LogP contribution in [0.4, 0.5) is 4.79 Å². The van der Waals surface area contributed by atoms with Crippen LogP contribution < -0.4 is 11.1 Å². The van der Waals surface area contributed by atoms with E-state index in [1.165, 1.54) is 4.90 Å². The summed E-state index contributed by atoms with van der Waals surface area (Å²) < 4.78 is 5.38. The summed E-state index contributed by atoms with van der Waals surface area (Å²) in [5.41, 5.74) is 5.86. The molecule has 11 heteroatoms. The molecule has 4 amide bonds. The molecule has 0 spiro atoms. The number of nitrogens with zero attached hydrogens (tertiary/aromatic N) is 4. The van der Waals surface area contributed by atoms with Gasteiger partial charge in [0.2, 0.25) is 17.7 Å². The largest absolute Gasteiger partial charge is 0.444 e. The lowest BCUT2D eigenvalue weighted by Gasteiger charge is -2.36. The Hall–Kier alpha value is -3.65. The summed E-state index contributed by atoms with van der Waals surface area (Å²) in [4.78, 5) is 56.0. The number of likely N-dealkylation sites (tertiary alicyclic amines) is 3. The summed E-state index contributed by atoms with van der Waals surface area (Å²) in [5, 5.41) is 12.2. The van der Waals surface area contributed by atoms with Gasteiger partial charge >= 0.3 is 6.09 Å². The summed E-state index contributed by atoms with van der Waals surface area (Å²) in [6.45, 7) is 6.72. The lowest BCUT2D eigenvalue weighted by Crippen LogP contribution is -2.58. The SMILES string of the molecule is CC(C)(C)OC(=O)N[C@@H](CN1C[C@@H]2C[C@H]1C(=O)N2Cc1cccc(C(N)=O)c1)C(=O)N1CCC[C@H]1C#N. The quantitative estimate of drug-likeness (QED) is 0.555. The van der Waals surface area contributed by atoms with Crippen LogP contribution in [-0.2, 0) is 20.9 Å². The molecule has 3 fully saturated rings. The lowest BCUT2D eigenvalue weighted by molar-refractivity contribution is -0.140. The van der Waals surface area contributed by atoms with Crippen LogP contribution in [0.5, 0.6) is 0 Å². The third-order valence-corrected chi connectivity index (χ3v) is 7.05. The number of alkyl carbamates (subject to hydrolysis) is 1. The van der Waals surface area contributed by atoms with E-state index in [1.54, 1.807) is 43.9 Å². The molecular formula is C26H34N6O5. The minimum absolute atomic E-state index is 0.0503. The van der Waals surface area contributed by atoms with Crippen molar-refractivity contribution in [3.8, 4) is 6.07 Å². The number of fused-ring (bicyclic) bond motifs is 2. The van der Waals surface area contributed by atoms with Gasteiger partial charge in [-0.25, -0.2) is 4.79 Å². The summed E-state index contributed by atoms with van der Waals surface area (Å²) >= 11 is 0. The monoisotopic (exact) mass is 510 g/mol. The fourth-order valence-corrected chi connectivity index (χ4v) is 5.40. The second-order valence-corrected chi connectivity index (χ2v) is 10.9. The highest BCUT2D eigenvalue weighted by atomic mass is 16.6. The maximum absolute atomic E-state index is 13.4. The van der Waals surface area contributed by atoms with Crippen molar-refractivity contribution in [3.63, 3.8) is 0 Å². The van der Waals surface area contributed by atoms with Crippen LogP contribution in [0.1, 0.15) is 56.0 Å². The number of nitriles is 1. The van der Waals surface area contributed by atoms with Gasteiger partial charge in [-0.3, -0.25) is 19.3 Å². The highest BCUT2D eigenvalue weighted by Gasteiger charge is 2.50. The Morgan fingerprint density at radius 2 is 2.05 bits per heavy atom. The first-order chi connectivity index (χ1) is 17.5. The fraction of sp³-hybridized carbons (Fsp3) is 0.577. The van der Waals surface area contributed by atoms with Gasteiger partial charge in [0.1, 0.15) is 17.7 Å². The number of nitrogens with one attached hydrogen (secondary N) is 1. The molecule has 0 aliphatic carbocycles. The van der Waals surface area contributed by atoms with Crippen molar-refractivity contribution >= 4 is 23.8 Å². The molecule has 3 aliphatic heterocycles. The molecule has 37 heavy (non-hydrogen) atoms. The van der Waals surface area contributed by atoms with E-state index >= 15 is 0 Å². The maximum Gasteiger partial charge on any atom is 0.408 e. The molecule has 0 unspecified atom stereocenters. The Bertz CT molecular complexity index is 1130. The number of benzene rings is 1. The highest BCUT2D eigenvalue weighted by Crippen LogP contribution is 2.33. The van der Waals surface area contributed by atoms with Crippen LogP contribution in [0.2, 0.25) is 0 Å². The first-order valence-electron chi connectivity index (χ1n) is 12.6. The number of primary amides is 1. The Morgan fingerprint density at radius 1 is 1.30 bits per heavy atom. The number of ether oxygens (including phenoxy) is 1. The van der Waals surface area contributed by atoms with Crippen molar-refractivity contribution in [1.29, 1.82) is 5.26 Å². The number of carbonyl (C=O) groups is 4. The normalized spacial score (nSPS) is 24.2. The van der Waals surface area contributed by atoms with Crippen LogP contribution in [-0.4, -0.2) is 87.9 Å². The lowest BCUT2D eigenvalue weighted by atomic mass is 10.1. The average Bonchev–Trinajstić information content (AvgIpc) is 3.53. The molecule has 1 aromatic rings. The molecule has 0 aromatic heterocycles. The van der Waals surface area contributed by atoms with Crippen LogP contribution >= 0.6 is 0 Å². The molecule has 198 valence electrons. The van der Waals surface area contributed by atoms with Gasteiger partial charge in [-0.1, -0.05) is 12.1 Å². The minimum Gasteiger partial charge on any atom is -0.444 e. The Labute approximate surface area is 216 Å². The van der Waals surface area contributed by atoms with E-state index in [1.807, 2.05) is 11.0 Å². The molecule has 4 rings (SSSR count). The van der Waals surface area contributed by atoms with Crippen LogP contribution in [0.15, 0.2) is 24.3 Å². The summed E-state index contributed by atoms with van der Waals surface area (Å²) in [6.07, 6.45) is 1.22. The van der Waals surface area contributed by atoms with E-state index in [0.717, 1.165) is 12.0 Å². The number of piperazine rings is 1. The average molecular weight is 511 g/mol. The van der Waals surface area contributed by atoms with Gasteiger partial charge < -0.3 is 25.6 Å². The predicted molar refractivity (Wildman–Crippen MR) is 133 cm³/mol. The topological polar surface area (TPSA) is 149 Å². The number of amides is 4. The zero-order chi connectivity index (χ0) is 26.9. The van der Waals surface area contributed by atoms with Gasteiger partial charge in [0.15, 0.2) is 0 Å². The van der Waals surface area contributed by atoms with Gasteiger partial charge in [0, 0.05) is 37.8 Å². The Balaban J connectivity index is 1.45. The minimum atomic E-state index is -0.948. The smallest absolute Gasteiger partial charge is 0.408 e. The summed E-state index contributed by atoms with van der Waals surface area (Å²) in [5.74, 6) is -0.919. The predicted octanol–water partition coefficient (Wildman–Crippen LogP) is 0.978. The summed E-state index contributed by atoms with van der Waals surface area (Å²) in [7, 11) is 0. The second-order valence-electron chi connectivity index (χ2n) is 10.9. The van der Waals surface area contributed by atoms with Gasteiger partial charge in [-0.15, -0.1) is 0 Å². The van der Waals surface area contributed by atoms with Crippen molar-refractivity contribution in [3.05, 3.63) is 35.4 Å². The Morgan fingerprint density at radius 3 is 2.70 bits per heavy atom. The van der Waals surface area contributed by atoms with E-state index in [0.29, 0.717) is 38.0 Å². The van der Waals surface area contributed by atoms with Crippen LogP contribution in [0.25, 0.3) is 0 Å². The van der Waals surface area contributed by atoms with Gasteiger partial charge in [0.05, 0.1) is 12.1 Å². The maximum atomic E-state index is 13.4. The Kier molecular flexibility index (Phi) is 7.41. The van der Waals surface area contributed by atoms with Crippen molar-refractivity contribution in [2.24, 2.45) is 5.73 Å². The number of carbonyl (C=O) groups excluding carboxylic acids is 4. The third-order valence-electron chi connectivity index (χ3n) is 7.05.